The summed E-state index contributed by atoms with van der Waals surface area (Å²) in [5.74, 6) is 4.17. The first-order chi connectivity index (χ1) is 9.35. The van der Waals surface area contributed by atoms with E-state index in [0.29, 0.717) is 0 Å². The van der Waals surface area contributed by atoms with E-state index in [-0.39, 0.29) is 0 Å². The Balaban J connectivity index is 1.88. The zero-order valence-electron chi connectivity index (χ0n) is 13.3. The third-order valence-electron chi connectivity index (χ3n) is 5.69. The van der Waals surface area contributed by atoms with E-state index in [1.165, 1.54) is 70.9 Å². The van der Waals surface area contributed by atoms with Crippen molar-refractivity contribution in [3.05, 3.63) is 0 Å². The van der Waals surface area contributed by atoms with Crippen molar-refractivity contribution in [2.75, 3.05) is 13.1 Å². The van der Waals surface area contributed by atoms with Crippen molar-refractivity contribution in [2.45, 2.75) is 78.1 Å². The van der Waals surface area contributed by atoms with Crippen molar-refractivity contribution in [2.24, 2.45) is 23.7 Å². The van der Waals surface area contributed by atoms with Crippen LogP contribution in [0.4, 0.5) is 0 Å². The summed E-state index contributed by atoms with van der Waals surface area (Å²) in [7, 11) is 0. The summed E-state index contributed by atoms with van der Waals surface area (Å²) in [5.41, 5.74) is 0. The van der Waals surface area contributed by atoms with Crippen molar-refractivity contribution < 1.29 is 0 Å². The molecule has 2 aliphatic carbocycles. The fourth-order valence-corrected chi connectivity index (χ4v) is 4.71. The molecule has 3 unspecified atom stereocenters. The van der Waals surface area contributed by atoms with E-state index in [2.05, 4.69) is 19.2 Å². The molecule has 0 aromatic rings. The zero-order chi connectivity index (χ0) is 13.5. The van der Waals surface area contributed by atoms with Crippen LogP contribution in [-0.4, -0.2) is 13.1 Å². The van der Waals surface area contributed by atoms with Crippen LogP contribution < -0.4 is 5.32 Å². The van der Waals surface area contributed by atoms with E-state index >= 15 is 0 Å². The van der Waals surface area contributed by atoms with Crippen LogP contribution in [0, 0.1) is 23.7 Å². The molecule has 0 radical (unpaired) electrons. The zero-order valence-corrected chi connectivity index (χ0v) is 13.3. The summed E-state index contributed by atoms with van der Waals surface area (Å²) in [4.78, 5) is 0. The minimum atomic E-state index is 0.989. The first-order valence-electron chi connectivity index (χ1n) is 9.05. The van der Waals surface area contributed by atoms with Gasteiger partial charge in [0.2, 0.25) is 0 Å². The van der Waals surface area contributed by atoms with E-state index in [1.807, 2.05) is 0 Å². The van der Waals surface area contributed by atoms with Crippen LogP contribution in [0.5, 0.6) is 0 Å². The monoisotopic (exact) mass is 265 g/mol. The third-order valence-corrected chi connectivity index (χ3v) is 5.69. The van der Waals surface area contributed by atoms with Gasteiger partial charge in [-0.2, -0.15) is 0 Å². The Hall–Kier alpha value is -0.0400. The molecule has 0 aromatic carbocycles. The molecule has 0 bridgehead atoms. The Morgan fingerprint density at radius 3 is 2.42 bits per heavy atom. The van der Waals surface area contributed by atoms with E-state index in [4.69, 9.17) is 0 Å². The van der Waals surface area contributed by atoms with Crippen molar-refractivity contribution >= 4 is 0 Å². The summed E-state index contributed by atoms with van der Waals surface area (Å²) in [6.07, 6.45) is 14.8. The molecule has 0 amide bonds. The molecule has 3 atom stereocenters. The molecule has 1 heteroatoms. The van der Waals surface area contributed by atoms with E-state index < -0.39 is 0 Å². The molecule has 0 aromatic heterocycles. The lowest BCUT2D eigenvalue weighted by atomic mass is 9.67. The quantitative estimate of drug-likeness (QED) is 0.638. The Kier molecular flexibility index (Phi) is 6.70. The fraction of sp³-hybridized carbons (Fsp3) is 1.00. The molecule has 19 heavy (non-hydrogen) atoms. The average molecular weight is 265 g/mol. The van der Waals surface area contributed by atoms with E-state index in [1.54, 1.807) is 6.42 Å². The first-order valence-corrected chi connectivity index (χ1v) is 9.05. The van der Waals surface area contributed by atoms with Gasteiger partial charge in [-0.25, -0.2) is 0 Å². The van der Waals surface area contributed by atoms with E-state index in [0.717, 1.165) is 23.7 Å². The Labute approximate surface area is 120 Å². The third kappa shape index (κ3) is 4.48. The Morgan fingerprint density at radius 1 is 0.947 bits per heavy atom. The van der Waals surface area contributed by atoms with Crippen molar-refractivity contribution in [1.82, 2.24) is 5.32 Å². The summed E-state index contributed by atoms with van der Waals surface area (Å²) in [6, 6.07) is 0. The molecule has 0 saturated heterocycles. The lowest BCUT2D eigenvalue weighted by Gasteiger charge is -2.40. The molecule has 2 aliphatic rings. The van der Waals surface area contributed by atoms with Gasteiger partial charge in [-0.1, -0.05) is 58.8 Å². The van der Waals surface area contributed by atoms with Gasteiger partial charge < -0.3 is 5.32 Å². The van der Waals surface area contributed by atoms with Gasteiger partial charge in [-0.05, 0) is 56.0 Å². The van der Waals surface area contributed by atoms with Crippen molar-refractivity contribution in [3.63, 3.8) is 0 Å². The first kappa shape index (κ1) is 15.4. The van der Waals surface area contributed by atoms with Gasteiger partial charge in [0.25, 0.3) is 0 Å². The smallest absolute Gasteiger partial charge is 0.00178 e. The normalized spacial score (nSPS) is 32.8. The van der Waals surface area contributed by atoms with Gasteiger partial charge in [0.05, 0.1) is 0 Å². The van der Waals surface area contributed by atoms with Crippen LogP contribution in [0.15, 0.2) is 0 Å². The van der Waals surface area contributed by atoms with Crippen LogP contribution in [0.1, 0.15) is 78.1 Å². The van der Waals surface area contributed by atoms with Gasteiger partial charge in [0.15, 0.2) is 0 Å². The summed E-state index contributed by atoms with van der Waals surface area (Å²) >= 11 is 0. The van der Waals surface area contributed by atoms with Crippen LogP contribution in [0.25, 0.3) is 0 Å². The van der Waals surface area contributed by atoms with Crippen molar-refractivity contribution in [1.29, 1.82) is 0 Å². The predicted molar refractivity (Wildman–Crippen MR) is 84.3 cm³/mol. The predicted octanol–water partition coefficient (Wildman–Crippen LogP) is 5.01. The number of nitrogens with one attached hydrogen (secondary N) is 1. The highest BCUT2D eigenvalue weighted by Crippen LogP contribution is 2.45. The largest absolute Gasteiger partial charge is 0.316 e. The Morgan fingerprint density at radius 2 is 1.74 bits per heavy atom. The maximum atomic E-state index is 3.71. The highest BCUT2D eigenvalue weighted by molar-refractivity contribution is 4.87. The molecule has 0 spiro atoms. The molecule has 2 saturated carbocycles. The van der Waals surface area contributed by atoms with Gasteiger partial charge >= 0.3 is 0 Å². The second kappa shape index (κ2) is 8.29. The second-order valence-electron chi connectivity index (χ2n) is 7.14. The van der Waals surface area contributed by atoms with E-state index in [9.17, 15) is 0 Å². The minimum Gasteiger partial charge on any atom is -0.316 e. The van der Waals surface area contributed by atoms with Crippen LogP contribution >= 0.6 is 0 Å². The van der Waals surface area contributed by atoms with Gasteiger partial charge in [0, 0.05) is 0 Å². The van der Waals surface area contributed by atoms with Gasteiger partial charge in [-0.3, -0.25) is 0 Å². The summed E-state index contributed by atoms with van der Waals surface area (Å²) < 4.78 is 0. The highest BCUT2D eigenvalue weighted by Gasteiger charge is 2.35. The molecule has 112 valence electrons. The number of rotatable bonds is 7. The molecule has 1 N–H and O–H groups in total. The van der Waals surface area contributed by atoms with Gasteiger partial charge in [-0.15, -0.1) is 0 Å². The van der Waals surface area contributed by atoms with Crippen molar-refractivity contribution in [3.8, 4) is 0 Å². The lowest BCUT2D eigenvalue weighted by molar-refractivity contribution is 0.115. The number of hydrogen-bond donors (Lipinski definition) is 1. The minimum absolute atomic E-state index is 0.989. The molecule has 2 fully saturated rings. The summed E-state index contributed by atoms with van der Waals surface area (Å²) in [6.45, 7) is 7.15. The maximum Gasteiger partial charge on any atom is -0.00178 e. The maximum absolute atomic E-state index is 3.71. The number of hydrogen-bond acceptors (Lipinski definition) is 1. The molecular formula is C18H35N. The second-order valence-corrected chi connectivity index (χ2v) is 7.14. The summed E-state index contributed by atoms with van der Waals surface area (Å²) in [5, 5.41) is 3.71. The Bertz CT molecular complexity index is 232. The molecule has 0 aliphatic heterocycles. The fourth-order valence-electron chi connectivity index (χ4n) is 4.71. The van der Waals surface area contributed by atoms with Gasteiger partial charge in [0.1, 0.15) is 0 Å². The molecule has 2 rings (SSSR count). The SMILES string of the molecule is CCCNCC1CCC(CCC)CC1C1CCCC1. The van der Waals surface area contributed by atoms with Crippen LogP contribution in [0.2, 0.25) is 0 Å². The average Bonchev–Trinajstić information content (AvgIpc) is 2.94. The topological polar surface area (TPSA) is 12.0 Å². The molecule has 1 nitrogen and oxygen atoms in total. The molecular weight excluding hydrogens is 230 g/mol. The standard InChI is InChI=1S/C18H35N/c1-3-7-15-10-11-17(14-19-12-4-2)18(13-15)16-8-5-6-9-16/h15-19H,3-14H2,1-2H3. The van der Waals surface area contributed by atoms with Crippen LogP contribution in [-0.2, 0) is 0 Å². The molecule has 0 heterocycles. The lowest BCUT2D eigenvalue weighted by Crippen LogP contribution is -2.36. The van der Waals surface area contributed by atoms with Crippen LogP contribution in [0.3, 0.4) is 0 Å². The highest BCUT2D eigenvalue weighted by atomic mass is 14.9.